The molecule has 5 rings (SSSR count). The second-order valence-corrected chi connectivity index (χ2v) is 7.90. The van der Waals surface area contributed by atoms with Crippen molar-refractivity contribution < 1.29 is 4.79 Å². The van der Waals surface area contributed by atoms with Crippen LogP contribution in [0.2, 0.25) is 0 Å². The topological polar surface area (TPSA) is 66.3 Å². The standard InChI is InChI=1S/C22H26N6O/c29-22(27-9-6-20(16-27)26-10-7-23-8-11-26)19-12-18-14-25-28(21(18)24-13-19)15-17-4-2-1-3-5-17/h1-5,12-14,20,23H,6-11,15-16H2. The van der Waals surface area contributed by atoms with E-state index in [1.165, 1.54) is 5.56 Å². The van der Waals surface area contributed by atoms with Crippen LogP contribution in [0, 0.1) is 0 Å². The first kappa shape index (κ1) is 18.3. The molecule has 3 aromatic rings. The molecule has 0 radical (unpaired) electrons. The predicted octanol–water partition coefficient (Wildman–Crippen LogP) is 1.60. The number of carbonyl (C=O) groups excluding carboxylic acids is 1. The van der Waals surface area contributed by atoms with Crippen LogP contribution in [0.5, 0.6) is 0 Å². The lowest BCUT2D eigenvalue weighted by atomic mass is 10.2. The van der Waals surface area contributed by atoms with Crippen molar-refractivity contribution in [2.75, 3.05) is 39.3 Å². The van der Waals surface area contributed by atoms with E-state index in [0.29, 0.717) is 18.2 Å². The number of likely N-dealkylation sites (tertiary alicyclic amines) is 1. The second kappa shape index (κ2) is 7.93. The maximum Gasteiger partial charge on any atom is 0.255 e. The van der Waals surface area contributed by atoms with Crippen molar-refractivity contribution in [2.45, 2.75) is 19.0 Å². The molecular weight excluding hydrogens is 364 g/mol. The van der Waals surface area contributed by atoms with Gasteiger partial charge in [-0.1, -0.05) is 30.3 Å². The van der Waals surface area contributed by atoms with Gasteiger partial charge in [0.05, 0.1) is 18.3 Å². The minimum atomic E-state index is 0.0767. The third-order valence-corrected chi connectivity index (χ3v) is 6.02. The maximum absolute atomic E-state index is 13.0. The average Bonchev–Trinajstić information content (AvgIpc) is 3.42. The lowest BCUT2D eigenvalue weighted by Crippen LogP contribution is -2.49. The zero-order chi connectivity index (χ0) is 19.6. The quantitative estimate of drug-likeness (QED) is 0.733. The second-order valence-electron chi connectivity index (χ2n) is 7.90. The monoisotopic (exact) mass is 390 g/mol. The number of amides is 1. The zero-order valence-corrected chi connectivity index (χ0v) is 16.5. The highest BCUT2D eigenvalue weighted by atomic mass is 16.2. The molecule has 2 saturated heterocycles. The fraction of sp³-hybridized carbons (Fsp3) is 0.409. The number of pyridine rings is 1. The van der Waals surface area contributed by atoms with Crippen LogP contribution < -0.4 is 5.32 Å². The van der Waals surface area contributed by atoms with Gasteiger partial charge in [0.15, 0.2) is 5.65 Å². The highest BCUT2D eigenvalue weighted by Gasteiger charge is 2.31. The average molecular weight is 390 g/mol. The largest absolute Gasteiger partial charge is 0.337 e. The van der Waals surface area contributed by atoms with Gasteiger partial charge in [0.25, 0.3) is 5.91 Å². The molecule has 4 heterocycles. The molecule has 7 nitrogen and oxygen atoms in total. The van der Waals surface area contributed by atoms with E-state index in [9.17, 15) is 4.79 Å². The summed E-state index contributed by atoms with van der Waals surface area (Å²) in [6.45, 7) is 6.52. The van der Waals surface area contributed by atoms with Crippen LogP contribution in [-0.2, 0) is 6.54 Å². The molecule has 1 N–H and O–H groups in total. The van der Waals surface area contributed by atoms with Crippen molar-refractivity contribution in [2.24, 2.45) is 0 Å². The van der Waals surface area contributed by atoms with Crippen LogP contribution in [-0.4, -0.2) is 75.8 Å². The summed E-state index contributed by atoms with van der Waals surface area (Å²) in [5.41, 5.74) is 2.64. The Hall–Kier alpha value is -2.77. The van der Waals surface area contributed by atoms with Crippen molar-refractivity contribution in [1.29, 1.82) is 0 Å². The molecule has 2 fully saturated rings. The fourth-order valence-electron chi connectivity index (χ4n) is 4.42. The Balaban J connectivity index is 1.30. The van der Waals surface area contributed by atoms with E-state index in [1.807, 2.05) is 33.8 Å². The van der Waals surface area contributed by atoms with Crippen LogP contribution in [0.3, 0.4) is 0 Å². The number of carbonyl (C=O) groups is 1. The van der Waals surface area contributed by atoms with E-state index in [-0.39, 0.29) is 5.91 Å². The van der Waals surface area contributed by atoms with Gasteiger partial charge in [-0.25, -0.2) is 9.67 Å². The Kier molecular flexibility index (Phi) is 4.99. The molecular formula is C22H26N6O. The van der Waals surface area contributed by atoms with Gasteiger partial charge in [-0.15, -0.1) is 0 Å². The molecule has 2 aromatic heterocycles. The minimum absolute atomic E-state index is 0.0767. The summed E-state index contributed by atoms with van der Waals surface area (Å²) in [5.74, 6) is 0.0767. The summed E-state index contributed by atoms with van der Waals surface area (Å²) < 4.78 is 1.88. The summed E-state index contributed by atoms with van der Waals surface area (Å²) in [5, 5.41) is 8.78. The lowest BCUT2D eigenvalue weighted by molar-refractivity contribution is 0.0773. The van der Waals surface area contributed by atoms with E-state index in [0.717, 1.165) is 56.7 Å². The van der Waals surface area contributed by atoms with Crippen molar-refractivity contribution in [3.63, 3.8) is 0 Å². The van der Waals surface area contributed by atoms with Gasteiger partial charge in [-0.05, 0) is 18.1 Å². The smallest absolute Gasteiger partial charge is 0.255 e. The molecule has 0 aliphatic carbocycles. The van der Waals surface area contributed by atoms with E-state index in [1.54, 1.807) is 12.4 Å². The molecule has 1 amide bonds. The first-order valence-electron chi connectivity index (χ1n) is 10.4. The number of aromatic nitrogens is 3. The van der Waals surface area contributed by atoms with Crippen molar-refractivity contribution >= 4 is 16.9 Å². The van der Waals surface area contributed by atoms with E-state index in [4.69, 9.17) is 0 Å². The van der Waals surface area contributed by atoms with E-state index >= 15 is 0 Å². The highest BCUT2D eigenvalue weighted by Crippen LogP contribution is 2.20. The normalized spacial score (nSPS) is 20.4. The van der Waals surface area contributed by atoms with Crippen LogP contribution in [0.25, 0.3) is 11.0 Å². The van der Waals surface area contributed by atoms with Crippen molar-refractivity contribution in [3.8, 4) is 0 Å². The molecule has 2 aliphatic rings. The van der Waals surface area contributed by atoms with E-state index in [2.05, 4.69) is 32.4 Å². The number of benzene rings is 1. The van der Waals surface area contributed by atoms with Crippen molar-refractivity contribution in [1.82, 2.24) is 29.9 Å². The summed E-state index contributed by atoms with van der Waals surface area (Å²) in [6.07, 6.45) is 4.55. The minimum Gasteiger partial charge on any atom is -0.337 e. The number of hydrogen-bond acceptors (Lipinski definition) is 5. The molecule has 7 heteroatoms. The van der Waals surface area contributed by atoms with Gasteiger partial charge in [0.2, 0.25) is 0 Å². The molecule has 0 bridgehead atoms. The van der Waals surface area contributed by atoms with Gasteiger partial charge in [-0.2, -0.15) is 5.10 Å². The summed E-state index contributed by atoms with van der Waals surface area (Å²) in [4.78, 5) is 22.1. The summed E-state index contributed by atoms with van der Waals surface area (Å²) in [7, 11) is 0. The number of hydrogen-bond donors (Lipinski definition) is 1. The number of piperazine rings is 1. The van der Waals surface area contributed by atoms with Crippen LogP contribution >= 0.6 is 0 Å². The third-order valence-electron chi connectivity index (χ3n) is 6.02. The Morgan fingerprint density at radius 3 is 2.76 bits per heavy atom. The van der Waals surface area contributed by atoms with Gasteiger partial charge in [-0.3, -0.25) is 9.69 Å². The Labute approximate surface area is 170 Å². The molecule has 1 atom stereocenters. The van der Waals surface area contributed by atoms with Crippen molar-refractivity contribution in [3.05, 3.63) is 59.9 Å². The predicted molar refractivity (Wildman–Crippen MR) is 112 cm³/mol. The third kappa shape index (κ3) is 3.75. The molecule has 2 aliphatic heterocycles. The Morgan fingerprint density at radius 1 is 1.10 bits per heavy atom. The van der Waals surface area contributed by atoms with Crippen LogP contribution in [0.1, 0.15) is 22.3 Å². The summed E-state index contributed by atoms with van der Waals surface area (Å²) in [6, 6.07) is 12.6. The number of nitrogens with one attached hydrogen (secondary N) is 1. The SMILES string of the molecule is O=C(c1cnc2c(cnn2Cc2ccccc2)c1)N1CCC(N2CCNCC2)C1. The maximum atomic E-state index is 13.0. The Bertz CT molecular complexity index is 995. The molecule has 1 aromatic carbocycles. The van der Waals surface area contributed by atoms with Gasteiger partial charge in [0, 0.05) is 56.9 Å². The molecule has 29 heavy (non-hydrogen) atoms. The fourth-order valence-corrected chi connectivity index (χ4v) is 4.42. The first-order chi connectivity index (χ1) is 14.3. The Morgan fingerprint density at radius 2 is 1.93 bits per heavy atom. The van der Waals surface area contributed by atoms with Gasteiger partial charge >= 0.3 is 0 Å². The number of nitrogens with zero attached hydrogens (tertiary/aromatic N) is 5. The zero-order valence-electron chi connectivity index (χ0n) is 16.5. The molecule has 0 spiro atoms. The number of rotatable bonds is 4. The molecule has 150 valence electrons. The van der Waals surface area contributed by atoms with Crippen LogP contribution in [0.4, 0.5) is 0 Å². The summed E-state index contributed by atoms with van der Waals surface area (Å²) >= 11 is 0. The van der Waals surface area contributed by atoms with Crippen LogP contribution in [0.15, 0.2) is 48.8 Å². The van der Waals surface area contributed by atoms with Gasteiger partial charge < -0.3 is 10.2 Å². The highest BCUT2D eigenvalue weighted by molar-refractivity contribution is 5.97. The molecule has 1 unspecified atom stereocenters. The lowest BCUT2D eigenvalue weighted by Gasteiger charge is -2.32. The first-order valence-corrected chi connectivity index (χ1v) is 10.4. The molecule has 0 saturated carbocycles. The van der Waals surface area contributed by atoms with E-state index < -0.39 is 0 Å². The van der Waals surface area contributed by atoms with Gasteiger partial charge in [0.1, 0.15) is 0 Å². The number of fused-ring (bicyclic) bond motifs is 1.